The Kier molecular flexibility index (Phi) is 12.8. The van der Waals surface area contributed by atoms with Crippen LogP contribution in [-0.4, -0.2) is 23.1 Å². The molecule has 0 fully saturated rings. The van der Waals surface area contributed by atoms with E-state index in [1.165, 1.54) is 19.3 Å². The van der Waals surface area contributed by atoms with Gasteiger partial charge in [0.05, 0.1) is 0 Å². The molecule has 1 unspecified atom stereocenters. The number of hydrogen-bond acceptors (Lipinski definition) is 3. The summed E-state index contributed by atoms with van der Waals surface area (Å²) in [6, 6.07) is 0. The first kappa shape index (κ1) is 21.9. The standard InChI is InChI=1S/C19H36O4/c1-15(2)10-6-5-7-11-17(14-16(3)4)23-19(22)13-9-8-12-18(20)21/h15-17H,5-14H2,1-4H3,(H,20,21). The van der Waals surface area contributed by atoms with Gasteiger partial charge in [0, 0.05) is 12.8 Å². The maximum Gasteiger partial charge on any atom is 0.306 e. The number of carboxylic acids is 1. The van der Waals surface area contributed by atoms with Crippen LogP contribution in [0.2, 0.25) is 0 Å². The van der Waals surface area contributed by atoms with Crippen molar-refractivity contribution < 1.29 is 19.4 Å². The zero-order valence-corrected chi connectivity index (χ0v) is 15.5. The summed E-state index contributed by atoms with van der Waals surface area (Å²) in [6.45, 7) is 8.78. The van der Waals surface area contributed by atoms with E-state index in [-0.39, 0.29) is 18.5 Å². The topological polar surface area (TPSA) is 63.6 Å². The van der Waals surface area contributed by atoms with Crippen molar-refractivity contribution in [1.29, 1.82) is 0 Å². The van der Waals surface area contributed by atoms with Crippen LogP contribution >= 0.6 is 0 Å². The molecule has 0 radical (unpaired) electrons. The van der Waals surface area contributed by atoms with E-state index in [2.05, 4.69) is 27.7 Å². The third kappa shape index (κ3) is 15.6. The van der Waals surface area contributed by atoms with Crippen molar-refractivity contribution in [3.8, 4) is 0 Å². The third-order valence-electron chi connectivity index (χ3n) is 3.86. The molecule has 23 heavy (non-hydrogen) atoms. The number of rotatable bonds is 14. The van der Waals surface area contributed by atoms with Gasteiger partial charge in [0.1, 0.15) is 6.10 Å². The van der Waals surface area contributed by atoms with E-state index < -0.39 is 5.97 Å². The highest BCUT2D eigenvalue weighted by molar-refractivity contribution is 5.70. The van der Waals surface area contributed by atoms with Gasteiger partial charge < -0.3 is 9.84 Å². The number of esters is 1. The Labute approximate surface area is 142 Å². The lowest BCUT2D eigenvalue weighted by molar-refractivity contribution is -0.150. The molecule has 0 saturated carbocycles. The van der Waals surface area contributed by atoms with Gasteiger partial charge in [0.15, 0.2) is 0 Å². The van der Waals surface area contributed by atoms with Crippen molar-refractivity contribution in [3.05, 3.63) is 0 Å². The third-order valence-corrected chi connectivity index (χ3v) is 3.86. The molecule has 0 aliphatic heterocycles. The first-order valence-corrected chi connectivity index (χ1v) is 9.22. The summed E-state index contributed by atoms with van der Waals surface area (Å²) < 4.78 is 5.61. The van der Waals surface area contributed by atoms with Gasteiger partial charge in [-0.2, -0.15) is 0 Å². The van der Waals surface area contributed by atoms with Crippen LogP contribution in [0, 0.1) is 11.8 Å². The second kappa shape index (κ2) is 13.4. The zero-order valence-electron chi connectivity index (χ0n) is 15.5. The summed E-state index contributed by atoms with van der Waals surface area (Å²) in [6.07, 6.45) is 8.26. The van der Waals surface area contributed by atoms with Crippen LogP contribution in [0.1, 0.15) is 91.9 Å². The molecule has 0 aliphatic carbocycles. The quantitative estimate of drug-likeness (QED) is 0.352. The number of unbranched alkanes of at least 4 members (excludes halogenated alkanes) is 3. The molecule has 0 aromatic rings. The van der Waals surface area contributed by atoms with Gasteiger partial charge in [-0.3, -0.25) is 9.59 Å². The number of hydrogen-bond donors (Lipinski definition) is 1. The molecule has 0 aliphatic rings. The first-order valence-electron chi connectivity index (χ1n) is 9.22. The fourth-order valence-corrected chi connectivity index (χ4v) is 2.64. The Balaban J connectivity index is 3.97. The second-order valence-corrected chi connectivity index (χ2v) is 7.37. The van der Waals surface area contributed by atoms with Crippen LogP contribution in [0.3, 0.4) is 0 Å². The summed E-state index contributed by atoms with van der Waals surface area (Å²) in [7, 11) is 0. The van der Waals surface area contributed by atoms with Crippen molar-refractivity contribution in [3.63, 3.8) is 0 Å². The Bertz CT molecular complexity index is 323. The van der Waals surface area contributed by atoms with Gasteiger partial charge in [-0.1, -0.05) is 47.0 Å². The molecule has 0 aromatic heterocycles. The lowest BCUT2D eigenvalue weighted by Gasteiger charge is -2.20. The number of carbonyl (C=O) groups is 2. The minimum Gasteiger partial charge on any atom is -0.481 e. The molecule has 0 saturated heterocycles. The van der Waals surface area contributed by atoms with Gasteiger partial charge in [-0.25, -0.2) is 0 Å². The molecule has 0 heterocycles. The second-order valence-electron chi connectivity index (χ2n) is 7.37. The van der Waals surface area contributed by atoms with Gasteiger partial charge >= 0.3 is 11.9 Å². The van der Waals surface area contributed by atoms with Crippen LogP contribution in [0.25, 0.3) is 0 Å². The Morgan fingerprint density at radius 1 is 0.826 bits per heavy atom. The SMILES string of the molecule is CC(C)CCCCCC(CC(C)C)OC(=O)CCCCC(=O)O. The number of aliphatic carboxylic acids is 1. The smallest absolute Gasteiger partial charge is 0.306 e. The average Bonchev–Trinajstić information content (AvgIpc) is 2.41. The maximum absolute atomic E-state index is 11.9. The fraction of sp³-hybridized carbons (Fsp3) is 0.895. The molecular formula is C19H36O4. The largest absolute Gasteiger partial charge is 0.481 e. The van der Waals surface area contributed by atoms with Crippen molar-refractivity contribution in [2.24, 2.45) is 11.8 Å². The molecular weight excluding hydrogens is 292 g/mol. The number of carboxylic acid groups (broad SMARTS) is 1. The minimum atomic E-state index is -0.808. The van der Waals surface area contributed by atoms with Crippen LogP contribution in [0.15, 0.2) is 0 Å². The van der Waals surface area contributed by atoms with Crippen LogP contribution in [0.4, 0.5) is 0 Å². The lowest BCUT2D eigenvalue weighted by Crippen LogP contribution is -2.20. The number of carbonyl (C=O) groups excluding carboxylic acids is 1. The molecule has 136 valence electrons. The van der Waals surface area contributed by atoms with E-state index in [9.17, 15) is 9.59 Å². The Morgan fingerprint density at radius 2 is 1.43 bits per heavy atom. The van der Waals surface area contributed by atoms with E-state index in [4.69, 9.17) is 9.84 Å². The summed E-state index contributed by atoms with van der Waals surface area (Å²) in [5.41, 5.74) is 0. The molecule has 1 N–H and O–H groups in total. The maximum atomic E-state index is 11.9. The zero-order chi connectivity index (χ0) is 17.7. The first-order chi connectivity index (χ1) is 10.8. The van der Waals surface area contributed by atoms with Crippen molar-refractivity contribution in [1.82, 2.24) is 0 Å². The van der Waals surface area contributed by atoms with E-state index in [1.807, 2.05) is 0 Å². The van der Waals surface area contributed by atoms with E-state index in [1.54, 1.807) is 0 Å². The van der Waals surface area contributed by atoms with E-state index in [0.29, 0.717) is 25.2 Å². The normalized spacial score (nSPS) is 12.6. The van der Waals surface area contributed by atoms with Crippen LogP contribution in [-0.2, 0) is 14.3 Å². The molecule has 0 rings (SSSR count). The van der Waals surface area contributed by atoms with Gasteiger partial charge in [0.25, 0.3) is 0 Å². The summed E-state index contributed by atoms with van der Waals surface area (Å²) in [5, 5.41) is 8.58. The monoisotopic (exact) mass is 328 g/mol. The van der Waals surface area contributed by atoms with Crippen LogP contribution in [0.5, 0.6) is 0 Å². The summed E-state index contributed by atoms with van der Waals surface area (Å²) >= 11 is 0. The van der Waals surface area contributed by atoms with E-state index in [0.717, 1.165) is 25.2 Å². The van der Waals surface area contributed by atoms with Crippen LogP contribution < -0.4 is 0 Å². The number of ether oxygens (including phenoxy) is 1. The Morgan fingerprint density at radius 3 is 2.00 bits per heavy atom. The Hall–Kier alpha value is -1.06. The highest BCUT2D eigenvalue weighted by Gasteiger charge is 2.16. The fourth-order valence-electron chi connectivity index (χ4n) is 2.64. The lowest BCUT2D eigenvalue weighted by atomic mass is 9.99. The average molecular weight is 328 g/mol. The molecule has 4 nitrogen and oxygen atoms in total. The predicted octanol–water partition coefficient (Wildman–Crippen LogP) is 5.20. The summed E-state index contributed by atoms with van der Waals surface area (Å²) in [5.74, 6) is 0.279. The summed E-state index contributed by atoms with van der Waals surface area (Å²) in [4.78, 5) is 22.3. The van der Waals surface area contributed by atoms with Crippen molar-refractivity contribution >= 4 is 11.9 Å². The van der Waals surface area contributed by atoms with Gasteiger partial charge in [-0.05, 0) is 43.9 Å². The predicted molar refractivity (Wildman–Crippen MR) is 93.4 cm³/mol. The van der Waals surface area contributed by atoms with Crippen molar-refractivity contribution in [2.45, 2.75) is 98.0 Å². The van der Waals surface area contributed by atoms with Crippen molar-refractivity contribution in [2.75, 3.05) is 0 Å². The minimum absolute atomic E-state index is 0.0148. The molecule has 4 heteroatoms. The molecule has 0 amide bonds. The molecule has 1 atom stereocenters. The van der Waals surface area contributed by atoms with E-state index >= 15 is 0 Å². The van der Waals surface area contributed by atoms with Gasteiger partial charge in [-0.15, -0.1) is 0 Å². The molecule has 0 bridgehead atoms. The van der Waals surface area contributed by atoms with Gasteiger partial charge in [0.2, 0.25) is 0 Å². The highest BCUT2D eigenvalue weighted by atomic mass is 16.5. The molecule has 0 aromatic carbocycles. The highest BCUT2D eigenvalue weighted by Crippen LogP contribution is 2.18. The molecule has 0 spiro atoms.